The highest BCUT2D eigenvalue weighted by atomic mass is 35.5. The molecule has 4 nitrogen and oxygen atoms in total. The molecule has 7 rings (SSSR count). The highest BCUT2D eigenvalue weighted by molar-refractivity contribution is 6.42. The van der Waals surface area contributed by atoms with E-state index < -0.39 is 5.60 Å². The predicted molar refractivity (Wildman–Crippen MR) is 157 cm³/mol. The van der Waals surface area contributed by atoms with Crippen molar-refractivity contribution in [2.45, 2.75) is 31.8 Å². The van der Waals surface area contributed by atoms with Gasteiger partial charge >= 0.3 is 0 Å². The van der Waals surface area contributed by atoms with Gasteiger partial charge in [0.25, 0.3) is 6.47 Å². The molecule has 0 radical (unpaired) electrons. The molecular weight excluding hydrogens is 529 g/mol. The topological polar surface area (TPSA) is 59.4 Å². The molecule has 1 aromatic heterocycles. The van der Waals surface area contributed by atoms with Gasteiger partial charge in [-0.05, 0) is 29.2 Å². The second-order valence-corrected chi connectivity index (χ2v) is 10.5. The number of hydrogen-bond donors (Lipinski definition) is 1. The summed E-state index contributed by atoms with van der Waals surface area (Å²) < 4.78 is 7.39. The third-order valence-corrected chi connectivity index (χ3v) is 7.91. The van der Waals surface area contributed by atoms with Gasteiger partial charge in [-0.15, -0.1) is 0 Å². The van der Waals surface area contributed by atoms with Crippen LogP contribution in [0.3, 0.4) is 0 Å². The molecule has 196 valence electrons. The largest absolute Gasteiger partial charge is 0.483 e. The van der Waals surface area contributed by atoms with Crippen molar-refractivity contribution in [2.24, 2.45) is 0 Å². The Morgan fingerprint density at radius 3 is 2.08 bits per heavy atom. The zero-order chi connectivity index (χ0) is 27.6. The molecule has 1 aliphatic carbocycles. The van der Waals surface area contributed by atoms with E-state index in [0.29, 0.717) is 10.0 Å². The Morgan fingerprint density at radius 1 is 0.872 bits per heavy atom. The summed E-state index contributed by atoms with van der Waals surface area (Å²) in [4.78, 5) is 13.1. The number of benzene rings is 4. The molecule has 4 aromatic carbocycles. The fourth-order valence-corrected chi connectivity index (χ4v) is 6.03. The van der Waals surface area contributed by atoms with E-state index in [1.165, 1.54) is 5.56 Å². The summed E-state index contributed by atoms with van der Waals surface area (Å²) in [5.74, 6) is 0.983. The zero-order valence-corrected chi connectivity index (χ0v) is 23.1. The van der Waals surface area contributed by atoms with E-state index in [4.69, 9.17) is 42.8 Å². The van der Waals surface area contributed by atoms with Crippen molar-refractivity contribution in [1.82, 2.24) is 4.98 Å². The number of ether oxygens (including phenoxy) is 1. The van der Waals surface area contributed by atoms with Crippen LogP contribution in [-0.2, 0) is 16.8 Å². The molecule has 0 unspecified atom stereocenters. The molecule has 0 saturated heterocycles. The van der Waals surface area contributed by atoms with E-state index in [1.807, 2.05) is 24.4 Å². The van der Waals surface area contributed by atoms with Crippen LogP contribution < -0.4 is 4.74 Å². The van der Waals surface area contributed by atoms with Crippen molar-refractivity contribution in [3.05, 3.63) is 141 Å². The van der Waals surface area contributed by atoms with E-state index in [9.17, 15) is 0 Å². The molecule has 6 heteroatoms. The fourth-order valence-electron chi connectivity index (χ4n) is 5.48. The Hall–Kier alpha value is -3.86. The highest BCUT2D eigenvalue weighted by Crippen LogP contribution is 2.49. The zero-order valence-electron chi connectivity index (χ0n) is 21.6. The van der Waals surface area contributed by atoms with E-state index in [2.05, 4.69) is 86.6 Å². The predicted octanol–water partition coefficient (Wildman–Crippen LogP) is 8.64. The SMILES string of the molecule is CC(C)c1c(C(Oc2c3cnc4c(cccc24)C3)(c2ccccc2)c2ccccc2)ccc(Cl)c1Cl.O=CO. The third kappa shape index (κ3) is 4.64. The smallest absolute Gasteiger partial charge is 0.290 e. The molecule has 1 N–H and O–H groups in total. The van der Waals surface area contributed by atoms with Crippen LogP contribution in [0.4, 0.5) is 0 Å². The lowest BCUT2D eigenvalue weighted by Gasteiger charge is -2.40. The average molecular weight is 556 g/mol. The van der Waals surface area contributed by atoms with Crippen LogP contribution in [0.1, 0.15) is 53.1 Å². The fraction of sp³-hybridized carbons (Fsp3) is 0.152. The van der Waals surface area contributed by atoms with Crippen LogP contribution in [0, 0.1) is 0 Å². The van der Waals surface area contributed by atoms with Crippen LogP contribution >= 0.6 is 23.2 Å². The Labute approximate surface area is 237 Å². The maximum atomic E-state index is 8.36. The number of rotatable bonds is 6. The van der Waals surface area contributed by atoms with Crippen LogP contribution in [0.5, 0.6) is 5.75 Å². The van der Waals surface area contributed by atoms with Gasteiger partial charge < -0.3 is 9.84 Å². The molecule has 0 saturated carbocycles. The maximum absolute atomic E-state index is 8.36. The number of carbonyl (C=O) groups is 1. The van der Waals surface area contributed by atoms with Gasteiger partial charge in [0.15, 0.2) is 5.60 Å². The summed E-state index contributed by atoms with van der Waals surface area (Å²) in [5.41, 5.74) is 6.35. The summed E-state index contributed by atoms with van der Waals surface area (Å²) in [6.45, 7) is 4.04. The second-order valence-electron chi connectivity index (χ2n) is 9.70. The number of hydrogen-bond acceptors (Lipinski definition) is 3. The molecule has 0 spiro atoms. The van der Waals surface area contributed by atoms with E-state index >= 15 is 0 Å². The van der Waals surface area contributed by atoms with Crippen molar-refractivity contribution in [1.29, 1.82) is 0 Å². The van der Waals surface area contributed by atoms with Gasteiger partial charge in [0.1, 0.15) is 5.75 Å². The molecule has 5 aromatic rings. The normalized spacial score (nSPS) is 11.9. The molecule has 4 bridgehead atoms. The van der Waals surface area contributed by atoms with Crippen molar-refractivity contribution in [2.75, 3.05) is 0 Å². The van der Waals surface area contributed by atoms with Gasteiger partial charge in [0.05, 0.1) is 15.6 Å². The monoisotopic (exact) mass is 555 g/mol. The van der Waals surface area contributed by atoms with E-state index in [-0.39, 0.29) is 12.4 Å². The summed E-state index contributed by atoms with van der Waals surface area (Å²) in [7, 11) is 0. The minimum absolute atomic E-state index is 0.120. The van der Waals surface area contributed by atoms with Gasteiger partial charge in [-0.1, -0.05) is 116 Å². The summed E-state index contributed by atoms with van der Waals surface area (Å²) >= 11 is 13.5. The number of fused-ring (bicyclic) bond motifs is 1. The van der Waals surface area contributed by atoms with Gasteiger partial charge in [0.2, 0.25) is 0 Å². The van der Waals surface area contributed by atoms with Gasteiger partial charge in [-0.3, -0.25) is 9.78 Å². The van der Waals surface area contributed by atoms with E-state index in [1.54, 1.807) is 0 Å². The first kappa shape index (κ1) is 26.7. The van der Waals surface area contributed by atoms with Gasteiger partial charge in [-0.2, -0.15) is 0 Å². The van der Waals surface area contributed by atoms with Crippen molar-refractivity contribution in [3.8, 4) is 5.75 Å². The highest BCUT2D eigenvalue weighted by Gasteiger charge is 2.43. The quantitative estimate of drug-likeness (QED) is 0.165. The lowest BCUT2D eigenvalue weighted by atomic mass is 9.76. The Bertz CT molecular complexity index is 1600. The van der Waals surface area contributed by atoms with E-state index in [0.717, 1.165) is 50.9 Å². The lowest BCUT2D eigenvalue weighted by Crippen LogP contribution is -2.38. The Balaban J connectivity index is 0.000000983. The van der Waals surface area contributed by atoms with Crippen LogP contribution in [0.25, 0.3) is 10.9 Å². The molecule has 0 atom stereocenters. The Morgan fingerprint density at radius 2 is 1.49 bits per heavy atom. The first-order valence-corrected chi connectivity index (χ1v) is 13.4. The summed E-state index contributed by atoms with van der Waals surface area (Å²) in [6.07, 6.45) is 2.75. The molecule has 2 heterocycles. The number of para-hydroxylation sites is 1. The minimum Gasteiger partial charge on any atom is -0.483 e. The third-order valence-electron chi connectivity index (χ3n) is 7.09. The molecular formula is C33H27Cl2NO3. The van der Waals surface area contributed by atoms with Crippen molar-refractivity contribution >= 4 is 40.6 Å². The van der Waals surface area contributed by atoms with Gasteiger partial charge in [0, 0.05) is 40.3 Å². The van der Waals surface area contributed by atoms with Gasteiger partial charge in [-0.25, -0.2) is 0 Å². The lowest BCUT2D eigenvalue weighted by molar-refractivity contribution is -0.122. The number of pyridine rings is 1. The molecule has 0 amide bonds. The Kier molecular flexibility index (Phi) is 7.60. The number of nitrogens with zero attached hydrogens (tertiary/aromatic N) is 1. The summed E-state index contributed by atoms with van der Waals surface area (Å²) in [5, 5.41) is 9.02. The first-order valence-electron chi connectivity index (χ1n) is 12.7. The number of aromatic nitrogens is 1. The number of carboxylic acid groups (broad SMARTS) is 1. The molecule has 39 heavy (non-hydrogen) atoms. The standard InChI is InChI=1S/C32H25Cl2NO.CH2O2/c1-20(2)28-26(16-17-27(33)29(28)34)32(23-11-5-3-6-12-23,24-13-7-4-8-14-24)36-31-22-18-21-10-9-15-25(31)30(21)35-19-22;2-1-3/h3-17,19-20H,18H2,1-2H3;1H,(H,2,3). The maximum Gasteiger partial charge on any atom is 0.290 e. The minimum atomic E-state index is -0.966. The molecule has 1 aliphatic heterocycles. The molecule has 2 aliphatic rings. The van der Waals surface area contributed by atoms with Crippen molar-refractivity contribution in [3.63, 3.8) is 0 Å². The second kappa shape index (κ2) is 11.1. The van der Waals surface area contributed by atoms with Crippen LogP contribution in [-0.4, -0.2) is 16.6 Å². The number of halogens is 2. The summed E-state index contributed by atoms with van der Waals surface area (Å²) in [6, 6.07) is 31.1. The average Bonchev–Trinajstić information content (AvgIpc) is 2.96. The van der Waals surface area contributed by atoms with Crippen molar-refractivity contribution < 1.29 is 14.6 Å². The van der Waals surface area contributed by atoms with Crippen LogP contribution in [0.2, 0.25) is 10.0 Å². The van der Waals surface area contributed by atoms with Crippen LogP contribution in [0.15, 0.2) is 97.2 Å². The first-order chi connectivity index (χ1) is 18.9. The molecule has 0 fully saturated rings.